The predicted molar refractivity (Wildman–Crippen MR) is 138 cm³/mol. The van der Waals surface area contributed by atoms with Crippen molar-refractivity contribution in [1.29, 1.82) is 0 Å². The molecule has 0 aliphatic carbocycles. The summed E-state index contributed by atoms with van der Waals surface area (Å²) >= 11 is 11.1. The van der Waals surface area contributed by atoms with Crippen LogP contribution in [-0.4, -0.2) is 30.2 Å². The van der Waals surface area contributed by atoms with Gasteiger partial charge in [0.15, 0.2) is 10.9 Å². The molecule has 0 bridgehead atoms. The molecule has 3 aromatic carbocycles. The van der Waals surface area contributed by atoms with Gasteiger partial charge in [0.05, 0.1) is 40.9 Å². The van der Waals surface area contributed by atoms with Crippen molar-refractivity contribution in [3.8, 4) is 11.5 Å². The molecule has 0 atom stereocenters. The molecule has 1 fully saturated rings. The number of thioether (sulfide) groups is 1. The summed E-state index contributed by atoms with van der Waals surface area (Å²) in [6.07, 6.45) is 1.82. The third-order valence-electron chi connectivity index (χ3n) is 4.89. The predicted octanol–water partition coefficient (Wildman–Crippen LogP) is 6.92. The van der Waals surface area contributed by atoms with Gasteiger partial charge in [0.2, 0.25) is 0 Å². The van der Waals surface area contributed by atoms with Crippen molar-refractivity contribution in [2.75, 3.05) is 14.2 Å². The summed E-state index contributed by atoms with van der Waals surface area (Å²) < 4.78 is 11.3. The van der Waals surface area contributed by atoms with Crippen LogP contribution in [0.5, 0.6) is 11.5 Å². The smallest absolute Gasteiger partial charge is 0.267 e. The van der Waals surface area contributed by atoms with Gasteiger partial charge in [-0.25, -0.2) is 4.99 Å². The first-order valence-corrected chi connectivity index (χ1v) is 12.0. The Kier molecular flexibility index (Phi) is 7.42. The normalized spacial score (nSPS) is 16.0. The van der Waals surface area contributed by atoms with E-state index >= 15 is 0 Å². The highest BCUT2D eigenvalue weighted by atomic mass is 79.9. The summed E-state index contributed by atoms with van der Waals surface area (Å²) in [6, 6.07) is 20.9. The Morgan fingerprint density at radius 3 is 2.42 bits per heavy atom. The first-order chi connectivity index (χ1) is 16.0. The molecule has 33 heavy (non-hydrogen) atoms. The van der Waals surface area contributed by atoms with Gasteiger partial charge in [-0.05, 0) is 81.3 Å². The van der Waals surface area contributed by atoms with Crippen LogP contribution in [0, 0.1) is 0 Å². The number of rotatable bonds is 6. The highest BCUT2D eigenvalue weighted by Gasteiger charge is 2.33. The molecule has 3 aromatic rings. The molecule has 1 amide bonds. The molecule has 8 heteroatoms. The Morgan fingerprint density at radius 1 is 1.06 bits per heavy atom. The SMILES string of the molecule is COc1ccc(CN2C(=O)/C(=C/c3cc(Cl)c(OC)c(Br)c3)SC2=Nc2ccccc2)cc1. The minimum atomic E-state index is -0.117. The minimum absolute atomic E-state index is 0.117. The monoisotopic (exact) mass is 542 g/mol. The summed E-state index contributed by atoms with van der Waals surface area (Å²) in [7, 11) is 3.19. The quantitative estimate of drug-likeness (QED) is 0.317. The van der Waals surface area contributed by atoms with E-state index in [9.17, 15) is 4.79 Å². The van der Waals surface area contributed by atoms with E-state index in [1.165, 1.54) is 11.8 Å². The van der Waals surface area contributed by atoms with Crippen LogP contribution in [0.3, 0.4) is 0 Å². The topological polar surface area (TPSA) is 51.1 Å². The third kappa shape index (κ3) is 5.43. The van der Waals surface area contributed by atoms with Crippen molar-refractivity contribution in [1.82, 2.24) is 4.90 Å². The molecule has 0 saturated carbocycles. The summed E-state index contributed by atoms with van der Waals surface area (Å²) in [5.41, 5.74) is 2.54. The van der Waals surface area contributed by atoms with Gasteiger partial charge in [-0.2, -0.15) is 0 Å². The first-order valence-electron chi connectivity index (χ1n) is 9.99. The number of para-hydroxylation sites is 1. The van der Waals surface area contributed by atoms with Crippen molar-refractivity contribution in [2.24, 2.45) is 4.99 Å². The molecule has 0 aromatic heterocycles. The van der Waals surface area contributed by atoms with Crippen LogP contribution in [0.2, 0.25) is 5.02 Å². The number of carbonyl (C=O) groups excluding carboxylic acids is 1. The summed E-state index contributed by atoms with van der Waals surface area (Å²) in [4.78, 5) is 20.4. The van der Waals surface area contributed by atoms with Gasteiger partial charge < -0.3 is 9.47 Å². The van der Waals surface area contributed by atoms with Gasteiger partial charge in [0, 0.05) is 0 Å². The van der Waals surface area contributed by atoms with Gasteiger partial charge >= 0.3 is 0 Å². The Hall–Kier alpha value is -2.74. The number of nitrogens with zero attached hydrogens (tertiary/aromatic N) is 2. The Balaban J connectivity index is 1.69. The fraction of sp³-hybridized carbons (Fsp3) is 0.120. The summed E-state index contributed by atoms with van der Waals surface area (Å²) in [5, 5.41) is 1.08. The first kappa shape index (κ1) is 23.4. The molecule has 0 unspecified atom stereocenters. The highest BCUT2D eigenvalue weighted by molar-refractivity contribution is 9.10. The highest BCUT2D eigenvalue weighted by Crippen LogP contribution is 2.38. The lowest BCUT2D eigenvalue weighted by molar-refractivity contribution is -0.122. The van der Waals surface area contributed by atoms with Crippen LogP contribution >= 0.6 is 39.3 Å². The van der Waals surface area contributed by atoms with Crippen LogP contribution in [0.25, 0.3) is 6.08 Å². The maximum atomic E-state index is 13.4. The number of hydrogen-bond acceptors (Lipinski definition) is 5. The van der Waals surface area contributed by atoms with Gasteiger partial charge in [0.1, 0.15) is 5.75 Å². The average Bonchev–Trinajstić information content (AvgIpc) is 3.09. The van der Waals surface area contributed by atoms with Crippen LogP contribution in [0.15, 0.2) is 81.1 Å². The van der Waals surface area contributed by atoms with Crippen molar-refractivity contribution < 1.29 is 14.3 Å². The number of hydrogen-bond donors (Lipinski definition) is 0. The lowest BCUT2D eigenvalue weighted by Gasteiger charge is -2.16. The van der Waals surface area contributed by atoms with Gasteiger partial charge in [-0.15, -0.1) is 0 Å². The van der Waals surface area contributed by atoms with Gasteiger partial charge in [0.25, 0.3) is 5.91 Å². The number of amidine groups is 1. The molecule has 0 N–H and O–H groups in total. The van der Waals surface area contributed by atoms with E-state index in [1.807, 2.05) is 66.7 Å². The molecule has 0 radical (unpaired) electrons. The van der Waals surface area contributed by atoms with Gasteiger partial charge in [-0.3, -0.25) is 9.69 Å². The second-order valence-corrected chi connectivity index (χ2v) is 9.37. The van der Waals surface area contributed by atoms with E-state index in [2.05, 4.69) is 15.9 Å². The minimum Gasteiger partial charge on any atom is -0.497 e. The summed E-state index contributed by atoms with van der Waals surface area (Å²) in [6.45, 7) is 0.395. The van der Waals surface area contributed by atoms with Gasteiger partial charge in [-0.1, -0.05) is 41.9 Å². The number of ether oxygens (including phenoxy) is 2. The lowest BCUT2D eigenvalue weighted by atomic mass is 10.2. The van der Waals surface area contributed by atoms with E-state index in [1.54, 1.807) is 25.2 Å². The van der Waals surface area contributed by atoms with E-state index < -0.39 is 0 Å². The maximum Gasteiger partial charge on any atom is 0.267 e. The molecule has 1 aliphatic rings. The molecule has 0 spiro atoms. The zero-order valence-electron chi connectivity index (χ0n) is 17.9. The molecular formula is C25H20BrClN2O3S. The van der Waals surface area contributed by atoms with E-state index in [4.69, 9.17) is 26.1 Å². The fourth-order valence-electron chi connectivity index (χ4n) is 3.27. The van der Waals surface area contributed by atoms with Crippen molar-refractivity contribution in [3.63, 3.8) is 0 Å². The molecule has 1 saturated heterocycles. The van der Waals surface area contributed by atoms with Crippen molar-refractivity contribution >= 4 is 62.1 Å². The van der Waals surface area contributed by atoms with Crippen molar-refractivity contribution in [2.45, 2.75) is 6.54 Å². The zero-order valence-corrected chi connectivity index (χ0v) is 21.1. The number of carbonyl (C=O) groups is 1. The number of halogens is 2. The van der Waals surface area contributed by atoms with Crippen molar-refractivity contribution in [3.05, 3.63) is 92.3 Å². The zero-order chi connectivity index (χ0) is 23.4. The Bertz CT molecular complexity index is 1210. The third-order valence-corrected chi connectivity index (χ3v) is 6.77. The molecule has 5 nitrogen and oxygen atoms in total. The van der Waals surface area contributed by atoms with Crippen LogP contribution < -0.4 is 9.47 Å². The number of aliphatic imine (C=N–C) groups is 1. The molecule has 1 aliphatic heterocycles. The Labute approximate surface area is 210 Å². The van der Waals surface area contributed by atoms with Crippen LogP contribution in [0.1, 0.15) is 11.1 Å². The average molecular weight is 544 g/mol. The number of methoxy groups -OCH3 is 2. The fourth-order valence-corrected chi connectivity index (χ4v) is 5.32. The second-order valence-electron chi connectivity index (χ2n) is 7.10. The van der Waals surface area contributed by atoms with Crippen LogP contribution in [0.4, 0.5) is 5.69 Å². The number of benzene rings is 3. The van der Waals surface area contributed by atoms with Crippen LogP contribution in [-0.2, 0) is 11.3 Å². The standard InChI is InChI=1S/C25H20BrClN2O3S/c1-31-19-10-8-16(9-11-19)15-29-24(30)22(33-25(29)28-18-6-4-3-5-7-18)14-17-12-20(26)23(32-2)21(27)13-17/h3-14H,15H2,1-2H3/b22-14-,28-25?. The molecule has 168 valence electrons. The van der Waals surface area contributed by atoms with E-state index in [0.717, 1.165) is 22.6 Å². The van der Waals surface area contributed by atoms with E-state index in [-0.39, 0.29) is 5.91 Å². The second kappa shape index (κ2) is 10.5. The molecular weight excluding hydrogens is 524 g/mol. The molecule has 4 rings (SSSR count). The Morgan fingerprint density at radius 2 is 1.79 bits per heavy atom. The maximum absolute atomic E-state index is 13.4. The summed E-state index contributed by atoms with van der Waals surface area (Å²) in [5.74, 6) is 1.20. The lowest BCUT2D eigenvalue weighted by Crippen LogP contribution is -2.28. The van der Waals surface area contributed by atoms with E-state index in [0.29, 0.717) is 31.9 Å². The number of amides is 1. The molecule has 1 heterocycles. The largest absolute Gasteiger partial charge is 0.497 e.